The Labute approximate surface area is 159 Å². The normalized spacial score (nSPS) is 14.3. The largest absolute Gasteiger partial charge is 0.452 e. The number of nitrogens with zero attached hydrogens (tertiary/aromatic N) is 1. The molecule has 1 aromatic carbocycles. The number of unbranched alkanes of at least 4 members (excludes halogenated alkanes) is 1. The Kier molecular flexibility index (Phi) is 6.71. The molecule has 0 radical (unpaired) electrons. The molecule has 1 heterocycles. The molecule has 1 aliphatic rings. The second-order valence-corrected chi connectivity index (χ2v) is 7.05. The summed E-state index contributed by atoms with van der Waals surface area (Å²) in [7, 11) is 0. The van der Waals surface area contributed by atoms with Gasteiger partial charge in [-0.2, -0.15) is 0 Å². The number of carbonyl (C=O) groups is 4. The standard InChI is InChI=1S/C20H26N2O5/c1-5-6-9-22-18(24)15-8-7-14(10-16(15)19(22)25)20(26)27-11-17(23)21-13(4)12(2)3/h7-8,10,12-13H,5-6,9,11H2,1-4H3,(H,21,23)/t13-/m1/s1. The van der Waals surface area contributed by atoms with Gasteiger partial charge < -0.3 is 10.1 Å². The van der Waals surface area contributed by atoms with Crippen molar-refractivity contribution in [2.75, 3.05) is 13.2 Å². The lowest BCUT2D eigenvalue weighted by Gasteiger charge is -2.17. The van der Waals surface area contributed by atoms with Crippen molar-refractivity contribution >= 4 is 23.7 Å². The lowest BCUT2D eigenvalue weighted by atomic mass is 10.1. The highest BCUT2D eigenvalue weighted by Gasteiger charge is 2.35. The summed E-state index contributed by atoms with van der Waals surface area (Å²) in [5.41, 5.74) is 0.622. The van der Waals surface area contributed by atoms with Crippen molar-refractivity contribution in [3.63, 3.8) is 0 Å². The summed E-state index contributed by atoms with van der Waals surface area (Å²) in [6.45, 7) is 7.76. The van der Waals surface area contributed by atoms with Gasteiger partial charge in [0.25, 0.3) is 17.7 Å². The minimum Gasteiger partial charge on any atom is -0.452 e. The van der Waals surface area contributed by atoms with E-state index in [2.05, 4.69) is 5.32 Å². The number of benzene rings is 1. The number of nitrogens with one attached hydrogen (secondary N) is 1. The maximum atomic E-state index is 12.4. The highest BCUT2D eigenvalue weighted by Crippen LogP contribution is 2.24. The van der Waals surface area contributed by atoms with E-state index >= 15 is 0 Å². The minimum absolute atomic E-state index is 0.0334. The van der Waals surface area contributed by atoms with Gasteiger partial charge in [-0.25, -0.2) is 4.79 Å². The first kappa shape index (κ1) is 20.6. The molecular weight excluding hydrogens is 348 g/mol. The van der Waals surface area contributed by atoms with Crippen LogP contribution in [-0.2, 0) is 9.53 Å². The van der Waals surface area contributed by atoms with Gasteiger partial charge in [-0.05, 0) is 37.5 Å². The van der Waals surface area contributed by atoms with E-state index in [-0.39, 0.29) is 40.5 Å². The van der Waals surface area contributed by atoms with Crippen molar-refractivity contribution in [2.24, 2.45) is 5.92 Å². The van der Waals surface area contributed by atoms with Crippen LogP contribution in [0.25, 0.3) is 0 Å². The van der Waals surface area contributed by atoms with Crippen LogP contribution in [0, 0.1) is 5.92 Å². The van der Waals surface area contributed by atoms with Crippen molar-refractivity contribution in [1.29, 1.82) is 0 Å². The highest BCUT2D eigenvalue weighted by atomic mass is 16.5. The smallest absolute Gasteiger partial charge is 0.338 e. The van der Waals surface area contributed by atoms with Crippen molar-refractivity contribution in [2.45, 2.75) is 46.6 Å². The Morgan fingerprint density at radius 3 is 2.41 bits per heavy atom. The van der Waals surface area contributed by atoms with Crippen LogP contribution in [-0.4, -0.2) is 47.8 Å². The van der Waals surface area contributed by atoms with Crippen LogP contribution in [0.2, 0.25) is 0 Å². The van der Waals surface area contributed by atoms with Crippen LogP contribution in [0.3, 0.4) is 0 Å². The molecule has 0 saturated carbocycles. The van der Waals surface area contributed by atoms with Crippen molar-refractivity contribution in [1.82, 2.24) is 10.2 Å². The summed E-state index contributed by atoms with van der Waals surface area (Å²) < 4.78 is 5.02. The summed E-state index contributed by atoms with van der Waals surface area (Å²) in [6.07, 6.45) is 1.59. The fourth-order valence-electron chi connectivity index (χ4n) is 2.61. The first-order chi connectivity index (χ1) is 12.8. The summed E-state index contributed by atoms with van der Waals surface area (Å²) in [5, 5.41) is 2.74. The zero-order valence-electron chi connectivity index (χ0n) is 16.2. The van der Waals surface area contributed by atoms with Crippen LogP contribution in [0.1, 0.15) is 71.6 Å². The zero-order chi connectivity index (χ0) is 20.1. The van der Waals surface area contributed by atoms with Gasteiger partial charge in [-0.3, -0.25) is 19.3 Å². The molecule has 0 saturated heterocycles. The second-order valence-electron chi connectivity index (χ2n) is 7.05. The Bertz CT molecular complexity index is 757. The number of esters is 1. The van der Waals surface area contributed by atoms with Gasteiger partial charge in [0.15, 0.2) is 6.61 Å². The first-order valence-electron chi connectivity index (χ1n) is 9.23. The number of carbonyl (C=O) groups excluding carboxylic acids is 4. The molecule has 7 heteroatoms. The fraction of sp³-hybridized carbons (Fsp3) is 0.500. The molecule has 1 aromatic rings. The third-order valence-electron chi connectivity index (χ3n) is 4.66. The molecule has 0 aliphatic carbocycles. The molecule has 0 fully saturated rings. The maximum absolute atomic E-state index is 12.4. The van der Waals surface area contributed by atoms with E-state index in [1.807, 2.05) is 27.7 Å². The SMILES string of the molecule is CCCCN1C(=O)c2ccc(C(=O)OCC(=O)N[C@H](C)C(C)C)cc2C1=O. The number of rotatable bonds is 8. The Balaban J connectivity index is 2.02. The number of hydrogen-bond acceptors (Lipinski definition) is 5. The predicted octanol–water partition coefficient (Wildman–Crippen LogP) is 2.40. The number of imide groups is 1. The van der Waals surface area contributed by atoms with Gasteiger partial charge in [-0.15, -0.1) is 0 Å². The highest BCUT2D eigenvalue weighted by molar-refractivity contribution is 6.21. The fourth-order valence-corrected chi connectivity index (χ4v) is 2.61. The molecule has 1 aliphatic heterocycles. The number of amides is 3. The molecule has 0 unspecified atom stereocenters. The van der Waals surface area contributed by atoms with E-state index in [0.29, 0.717) is 6.54 Å². The number of fused-ring (bicyclic) bond motifs is 1. The molecule has 1 atom stereocenters. The molecule has 0 bridgehead atoms. The van der Waals surface area contributed by atoms with E-state index in [1.54, 1.807) is 0 Å². The summed E-state index contributed by atoms with van der Waals surface area (Å²) >= 11 is 0. The Morgan fingerprint density at radius 2 is 1.78 bits per heavy atom. The number of ether oxygens (including phenoxy) is 1. The molecule has 1 N–H and O–H groups in total. The minimum atomic E-state index is -0.711. The van der Waals surface area contributed by atoms with Crippen molar-refractivity contribution in [3.05, 3.63) is 34.9 Å². The molecule has 3 amide bonds. The molecule has 146 valence electrons. The first-order valence-corrected chi connectivity index (χ1v) is 9.23. The summed E-state index contributed by atoms with van der Waals surface area (Å²) in [6, 6.07) is 4.22. The van der Waals surface area contributed by atoms with E-state index in [1.165, 1.54) is 23.1 Å². The molecule has 0 spiro atoms. The predicted molar refractivity (Wildman–Crippen MR) is 99.4 cm³/mol. The van der Waals surface area contributed by atoms with Crippen LogP contribution in [0.15, 0.2) is 18.2 Å². The quantitative estimate of drug-likeness (QED) is 0.557. The topological polar surface area (TPSA) is 92.8 Å². The molecule has 2 rings (SSSR count). The number of hydrogen-bond donors (Lipinski definition) is 1. The van der Waals surface area contributed by atoms with Gasteiger partial charge in [0.2, 0.25) is 0 Å². The monoisotopic (exact) mass is 374 g/mol. The molecule has 0 aromatic heterocycles. The van der Waals surface area contributed by atoms with Crippen molar-refractivity contribution in [3.8, 4) is 0 Å². The van der Waals surface area contributed by atoms with E-state index in [4.69, 9.17) is 4.74 Å². The average molecular weight is 374 g/mol. The van der Waals surface area contributed by atoms with Crippen LogP contribution in [0.5, 0.6) is 0 Å². The van der Waals surface area contributed by atoms with Crippen LogP contribution in [0.4, 0.5) is 0 Å². The van der Waals surface area contributed by atoms with Gasteiger partial charge in [0.05, 0.1) is 16.7 Å². The maximum Gasteiger partial charge on any atom is 0.338 e. The summed E-state index contributed by atoms with van der Waals surface area (Å²) in [5.74, 6) is -1.58. The average Bonchev–Trinajstić information content (AvgIpc) is 2.88. The van der Waals surface area contributed by atoms with Gasteiger partial charge in [0.1, 0.15) is 0 Å². The Morgan fingerprint density at radius 1 is 1.11 bits per heavy atom. The van der Waals surface area contributed by atoms with Crippen LogP contribution >= 0.6 is 0 Å². The lowest BCUT2D eigenvalue weighted by molar-refractivity contribution is -0.125. The van der Waals surface area contributed by atoms with E-state index < -0.39 is 18.5 Å². The second kappa shape index (κ2) is 8.79. The molecule has 7 nitrogen and oxygen atoms in total. The van der Waals surface area contributed by atoms with Gasteiger partial charge in [-0.1, -0.05) is 27.2 Å². The third kappa shape index (κ3) is 4.72. The summed E-state index contributed by atoms with van der Waals surface area (Å²) in [4.78, 5) is 50.0. The van der Waals surface area contributed by atoms with Crippen molar-refractivity contribution < 1.29 is 23.9 Å². The third-order valence-corrected chi connectivity index (χ3v) is 4.66. The molecular formula is C20H26N2O5. The Hall–Kier alpha value is -2.70. The zero-order valence-corrected chi connectivity index (χ0v) is 16.2. The van der Waals surface area contributed by atoms with Gasteiger partial charge in [0, 0.05) is 12.6 Å². The molecule has 27 heavy (non-hydrogen) atoms. The lowest BCUT2D eigenvalue weighted by Crippen LogP contribution is -2.38. The van der Waals surface area contributed by atoms with Gasteiger partial charge >= 0.3 is 5.97 Å². The van der Waals surface area contributed by atoms with Crippen LogP contribution < -0.4 is 5.32 Å². The van der Waals surface area contributed by atoms with E-state index in [9.17, 15) is 19.2 Å². The van der Waals surface area contributed by atoms with E-state index in [0.717, 1.165) is 12.8 Å².